The lowest BCUT2D eigenvalue weighted by molar-refractivity contribution is -0.167. The van der Waals surface area contributed by atoms with Crippen LogP contribution in [-0.4, -0.2) is 24.5 Å². The smallest absolute Gasteiger partial charge is 0.311 e. The van der Waals surface area contributed by atoms with Gasteiger partial charge in [0.25, 0.3) is 0 Å². The number of esters is 2. The van der Waals surface area contributed by atoms with Crippen molar-refractivity contribution in [3.8, 4) is 11.5 Å². The van der Waals surface area contributed by atoms with Crippen LogP contribution >= 0.6 is 0 Å². The normalized spacial score (nSPS) is 15.3. The lowest BCUT2D eigenvalue weighted by Gasteiger charge is -2.19. The van der Waals surface area contributed by atoms with Crippen LogP contribution in [0.4, 0.5) is 0 Å². The van der Waals surface area contributed by atoms with Gasteiger partial charge in [0, 0.05) is 13.8 Å². The van der Waals surface area contributed by atoms with Gasteiger partial charge in [-0.25, -0.2) is 0 Å². The minimum absolute atomic E-state index is 0.156. The Bertz CT molecular complexity index is 517. The van der Waals surface area contributed by atoms with Gasteiger partial charge in [-0.2, -0.15) is 0 Å². The zero-order valence-electron chi connectivity index (χ0n) is 16.5. The fraction of sp³-hybridized carbons (Fsp3) is 0.600. The number of hydrogen-bond acceptors (Lipinski definition) is 6. The predicted octanol–water partition coefficient (Wildman–Crippen LogP) is 4.31. The highest BCUT2D eigenvalue weighted by atomic mass is 16.7. The lowest BCUT2D eigenvalue weighted by Crippen LogP contribution is -2.25. The van der Waals surface area contributed by atoms with Gasteiger partial charge < -0.3 is 18.9 Å². The third kappa shape index (κ3) is 7.33. The number of carbonyl (C=O) groups is 2. The van der Waals surface area contributed by atoms with Crippen molar-refractivity contribution in [2.75, 3.05) is 0 Å². The topological polar surface area (TPSA) is 71.1 Å². The summed E-state index contributed by atoms with van der Waals surface area (Å²) in [4.78, 5) is 23.5. The van der Waals surface area contributed by atoms with E-state index in [-0.39, 0.29) is 23.8 Å². The van der Waals surface area contributed by atoms with Crippen LogP contribution in [0, 0.1) is 11.8 Å². The molecule has 1 aromatic carbocycles. The van der Waals surface area contributed by atoms with E-state index in [2.05, 4.69) is 0 Å². The Labute approximate surface area is 155 Å². The first-order chi connectivity index (χ1) is 12.3. The predicted molar refractivity (Wildman–Crippen MR) is 97.7 cm³/mol. The van der Waals surface area contributed by atoms with Gasteiger partial charge in [-0.15, -0.1) is 0 Å². The molecular formula is C20H30O6. The molecule has 1 rings (SSSR count). The number of hydrogen-bond donors (Lipinski definition) is 0. The zero-order valence-corrected chi connectivity index (χ0v) is 16.5. The highest BCUT2D eigenvalue weighted by molar-refractivity contribution is 5.72. The van der Waals surface area contributed by atoms with Crippen molar-refractivity contribution in [2.24, 2.45) is 11.8 Å². The molecule has 1 aromatic rings. The number of benzene rings is 1. The molecule has 0 aliphatic carbocycles. The van der Waals surface area contributed by atoms with Gasteiger partial charge in [0.05, 0.1) is 11.8 Å². The molecule has 0 aliphatic heterocycles. The van der Waals surface area contributed by atoms with E-state index in [1.54, 1.807) is 38.1 Å². The van der Waals surface area contributed by atoms with Crippen LogP contribution in [0.3, 0.4) is 0 Å². The first kappa shape index (κ1) is 21.8. The standard InChI is InChI=1S/C20H30O6/c1-7-13(3)19(21)25-15(5)23-17-9-11-18(12-10-17)24-16(6)26-20(22)14(4)8-2/h9-16H,7-8H2,1-6H3. The van der Waals surface area contributed by atoms with E-state index in [0.717, 1.165) is 12.8 Å². The van der Waals surface area contributed by atoms with E-state index >= 15 is 0 Å². The minimum atomic E-state index is -0.682. The molecule has 6 heteroatoms. The average molecular weight is 366 g/mol. The third-order valence-corrected chi connectivity index (χ3v) is 4.02. The summed E-state index contributed by atoms with van der Waals surface area (Å²) in [6, 6.07) is 6.80. The summed E-state index contributed by atoms with van der Waals surface area (Å²) in [6.45, 7) is 10.8. The quantitative estimate of drug-likeness (QED) is 0.454. The van der Waals surface area contributed by atoms with Crippen LogP contribution in [0.15, 0.2) is 24.3 Å². The van der Waals surface area contributed by atoms with E-state index in [1.807, 2.05) is 27.7 Å². The molecule has 0 amide bonds. The molecule has 146 valence electrons. The van der Waals surface area contributed by atoms with Gasteiger partial charge in [0.15, 0.2) is 0 Å². The highest BCUT2D eigenvalue weighted by Crippen LogP contribution is 2.21. The monoisotopic (exact) mass is 366 g/mol. The first-order valence-corrected chi connectivity index (χ1v) is 9.11. The molecule has 0 aliphatic rings. The molecule has 0 saturated heterocycles. The van der Waals surface area contributed by atoms with E-state index in [0.29, 0.717) is 11.5 Å². The molecule has 0 radical (unpaired) electrons. The molecule has 0 N–H and O–H groups in total. The van der Waals surface area contributed by atoms with Gasteiger partial charge >= 0.3 is 11.9 Å². The van der Waals surface area contributed by atoms with Gasteiger partial charge in [-0.3, -0.25) is 9.59 Å². The Kier molecular flexibility index (Phi) is 8.96. The molecule has 4 atom stereocenters. The molecule has 0 heterocycles. The van der Waals surface area contributed by atoms with Crippen molar-refractivity contribution in [2.45, 2.75) is 67.0 Å². The summed E-state index contributed by atoms with van der Waals surface area (Å²) >= 11 is 0. The molecule has 4 unspecified atom stereocenters. The number of carbonyl (C=O) groups excluding carboxylic acids is 2. The lowest BCUT2D eigenvalue weighted by atomic mass is 10.1. The summed E-state index contributed by atoms with van der Waals surface area (Å²) in [5.41, 5.74) is 0. The second kappa shape index (κ2) is 10.7. The van der Waals surface area contributed by atoms with E-state index in [1.165, 1.54) is 0 Å². The maximum absolute atomic E-state index is 11.7. The van der Waals surface area contributed by atoms with Gasteiger partial charge in [0.1, 0.15) is 11.5 Å². The Hall–Kier alpha value is -2.24. The Morgan fingerprint density at radius 2 is 1.04 bits per heavy atom. The molecule has 0 aromatic heterocycles. The van der Waals surface area contributed by atoms with E-state index in [9.17, 15) is 9.59 Å². The summed E-state index contributed by atoms with van der Waals surface area (Å²) in [7, 11) is 0. The molecule has 6 nitrogen and oxygen atoms in total. The highest BCUT2D eigenvalue weighted by Gasteiger charge is 2.18. The fourth-order valence-electron chi connectivity index (χ4n) is 1.92. The SMILES string of the molecule is CCC(C)C(=O)OC(C)Oc1ccc(OC(C)OC(=O)C(C)CC)cc1. The molecule has 0 spiro atoms. The molecule has 0 bridgehead atoms. The second-order valence-electron chi connectivity index (χ2n) is 6.33. The van der Waals surface area contributed by atoms with Crippen LogP contribution in [0.5, 0.6) is 11.5 Å². The van der Waals surface area contributed by atoms with Crippen molar-refractivity contribution < 1.29 is 28.5 Å². The average Bonchev–Trinajstić information content (AvgIpc) is 2.61. The van der Waals surface area contributed by atoms with Crippen LogP contribution < -0.4 is 9.47 Å². The van der Waals surface area contributed by atoms with Crippen molar-refractivity contribution in [3.05, 3.63) is 24.3 Å². The van der Waals surface area contributed by atoms with Gasteiger partial charge in [-0.05, 0) is 37.1 Å². The maximum atomic E-state index is 11.7. The zero-order chi connectivity index (χ0) is 19.7. The first-order valence-electron chi connectivity index (χ1n) is 9.11. The number of rotatable bonds is 10. The van der Waals surface area contributed by atoms with Crippen molar-refractivity contribution in [1.29, 1.82) is 0 Å². The maximum Gasteiger partial charge on any atom is 0.311 e. The Balaban J connectivity index is 2.50. The van der Waals surface area contributed by atoms with Crippen LogP contribution in [0.25, 0.3) is 0 Å². The summed E-state index contributed by atoms with van der Waals surface area (Å²) < 4.78 is 21.6. The Morgan fingerprint density at radius 3 is 1.31 bits per heavy atom. The molecule has 26 heavy (non-hydrogen) atoms. The summed E-state index contributed by atoms with van der Waals surface area (Å²) in [6.07, 6.45) is 0.0757. The second-order valence-corrected chi connectivity index (χ2v) is 6.33. The summed E-state index contributed by atoms with van der Waals surface area (Å²) in [5, 5.41) is 0. The van der Waals surface area contributed by atoms with Gasteiger partial charge in [0.2, 0.25) is 12.6 Å². The minimum Gasteiger partial charge on any atom is -0.455 e. The van der Waals surface area contributed by atoms with Gasteiger partial charge in [-0.1, -0.05) is 27.7 Å². The van der Waals surface area contributed by atoms with Crippen molar-refractivity contribution in [1.82, 2.24) is 0 Å². The third-order valence-electron chi connectivity index (χ3n) is 4.02. The van der Waals surface area contributed by atoms with Crippen molar-refractivity contribution in [3.63, 3.8) is 0 Å². The van der Waals surface area contributed by atoms with E-state index in [4.69, 9.17) is 18.9 Å². The Morgan fingerprint density at radius 1 is 0.731 bits per heavy atom. The largest absolute Gasteiger partial charge is 0.455 e. The van der Waals surface area contributed by atoms with Crippen LogP contribution in [-0.2, 0) is 19.1 Å². The molecule has 0 fully saturated rings. The summed E-state index contributed by atoms with van der Waals surface area (Å²) in [5.74, 6) is 0.221. The van der Waals surface area contributed by atoms with Crippen LogP contribution in [0.1, 0.15) is 54.4 Å². The number of ether oxygens (including phenoxy) is 4. The molecule has 0 saturated carbocycles. The molecular weight excluding hydrogens is 336 g/mol. The fourth-order valence-corrected chi connectivity index (χ4v) is 1.92. The van der Waals surface area contributed by atoms with Crippen molar-refractivity contribution >= 4 is 11.9 Å². The van der Waals surface area contributed by atoms with Crippen LogP contribution in [0.2, 0.25) is 0 Å². The van der Waals surface area contributed by atoms with E-state index < -0.39 is 12.6 Å².